The molecule has 1 saturated heterocycles. The number of benzene rings is 1. The topological polar surface area (TPSA) is 44.8 Å². The maximum absolute atomic E-state index is 10.4. The third-order valence-electron chi connectivity index (χ3n) is 2.33. The first kappa shape index (κ1) is 11.3. The Balaban J connectivity index is 1.73. The van der Waals surface area contributed by atoms with Gasteiger partial charge < -0.3 is 14.2 Å². The minimum Gasteiger partial charge on any atom is -0.369 e. The Morgan fingerprint density at radius 2 is 1.94 bits per heavy atom. The van der Waals surface area contributed by atoms with E-state index in [4.69, 9.17) is 14.2 Å². The maximum Gasteiger partial charge on any atom is 0.214 e. The molecule has 1 aliphatic rings. The van der Waals surface area contributed by atoms with E-state index in [1.807, 2.05) is 30.3 Å². The summed E-state index contributed by atoms with van der Waals surface area (Å²) in [5.41, 5.74) is 1.11. The van der Waals surface area contributed by atoms with E-state index in [0.29, 0.717) is 26.1 Å². The summed E-state index contributed by atoms with van der Waals surface area (Å²) in [5.74, 6) is 0. The number of hydrogen-bond donors (Lipinski definition) is 0. The molecule has 0 aliphatic carbocycles. The third-order valence-corrected chi connectivity index (χ3v) is 2.33. The summed E-state index contributed by atoms with van der Waals surface area (Å²) in [5, 5.41) is 0. The largest absolute Gasteiger partial charge is 0.369 e. The smallest absolute Gasteiger partial charge is 0.214 e. The Labute approximate surface area is 94.1 Å². The van der Waals surface area contributed by atoms with Crippen LogP contribution in [0.4, 0.5) is 0 Å². The lowest BCUT2D eigenvalue weighted by molar-refractivity contribution is -0.216. The molecule has 2 rings (SSSR count). The van der Waals surface area contributed by atoms with Crippen LogP contribution in [0, 0.1) is 0 Å². The van der Waals surface area contributed by atoms with E-state index >= 15 is 0 Å². The molecule has 1 heterocycles. The summed E-state index contributed by atoms with van der Waals surface area (Å²) >= 11 is 0. The van der Waals surface area contributed by atoms with Gasteiger partial charge in [-0.1, -0.05) is 30.3 Å². The van der Waals surface area contributed by atoms with Crippen LogP contribution in [-0.4, -0.2) is 31.9 Å². The number of carbonyl (C=O) groups is 1. The fraction of sp³-hybridized carbons (Fsp3) is 0.417. The normalized spacial score (nSPS) is 25.2. The average Bonchev–Trinajstić information content (AvgIpc) is 2.38. The fourth-order valence-electron chi connectivity index (χ4n) is 1.46. The van der Waals surface area contributed by atoms with E-state index in [1.165, 1.54) is 0 Å². The second-order valence-electron chi connectivity index (χ2n) is 3.59. The van der Waals surface area contributed by atoms with Gasteiger partial charge in [0.05, 0.1) is 19.8 Å². The van der Waals surface area contributed by atoms with Gasteiger partial charge in [0.15, 0.2) is 6.29 Å². The van der Waals surface area contributed by atoms with Gasteiger partial charge in [0.25, 0.3) is 0 Å². The first-order chi connectivity index (χ1) is 7.88. The molecular weight excluding hydrogens is 208 g/mol. The van der Waals surface area contributed by atoms with Gasteiger partial charge in [-0.2, -0.15) is 0 Å². The predicted molar refractivity (Wildman–Crippen MR) is 56.8 cm³/mol. The van der Waals surface area contributed by atoms with E-state index < -0.39 is 6.29 Å². The monoisotopic (exact) mass is 222 g/mol. The van der Waals surface area contributed by atoms with Gasteiger partial charge in [0.2, 0.25) is 6.29 Å². The molecule has 1 aromatic carbocycles. The molecule has 0 bridgehead atoms. The standard InChI is InChI=1S/C12H14O4/c13-6-12-15-8-11(9-16-12)14-7-10-4-2-1-3-5-10/h1-6,11-12H,7-9H2. The van der Waals surface area contributed by atoms with Gasteiger partial charge in [-0.25, -0.2) is 0 Å². The molecule has 1 fully saturated rings. The SMILES string of the molecule is O=CC1OCC(OCc2ccccc2)CO1. The Kier molecular flexibility index (Phi) is 4.04. The molecule has 0 radical (unpaired) electrons. The molecule has 0 amide bonds. The van der Waals surface area contributed by atoms with Crippen LogP contribution in [0.3, 0.4) is 0 Å². The third kappa shape index (κ3) is 3.13. The van der Waals surface area contributed by atoms with Crippen molar-refractivity contribution in [1.82, 2.24) is 0 Å². The molecule has 1 aliphatic heterocycles. The van der Waals surface area contributed by atoms with Crippen molar-refractivity contribution in [3.63, 3.8) is 0 Å². The van der Waals surface area contributed by atoms with Crippen molar-refractivity contribution in [2.45, 2.75) is 19.0 Å². The van der Waals surface area contributed by atoms with Crippen molar-refractivity contribution in [1.29, 1.82) is 0 Å². The zero-order chi connectivity index (χ0) is 11.2. The zero-order valence-electron chi connectivity index (χ0n) is 8.87. The molecule has 0 N–H and O–H groups in total. The highest BCUT2D eigenvalue weighted by atomic mass is 16.7. The molecule has 1 aromatic rings. The summed E-state index contributed by atoms with van der Waals surface area (Å²) in [6.45, 7) is 1.33. The molecule has 4 heteroatoms. The highest BCUT2D eigenvalue weighted by Gasteiger charge is 2.21. The fourth-order valence-corrected chi connectivity index (χ4v) is 1.46. The highest BCUT2D eigenvalue weighted by Crippen LogP contribution is 2.09. The van der Waals surface area contributed by atoms with Crippen LogP contribution in [0.15, 0.2) is 30.3 Å². The summed E-state index contributed by atoms with van der Waals surface area (Å²) in [7, 11) is 0. The molecular formula is C12H14O4. The van der Waals surface area contributed by atoms with E-state index in [-0.39, 0.29) is 6.10 Å². The van der Waals surface area contributed by atoms with E-state index in [2.05, 4.69) is 0 Å². The van der Waals surface area contributed by atoms with Crippen molar-refractivity contribution in [3.8, 4) is 0 Å². The number of aldehydes is 1. The van der Waals surface area contributed by atoms with Gasteiger partial charge in [-0.05, 0) is 5.56 Å². The van der Waals surface area contributed by atoms with Crippen LogP contribution < -0.4 is 0 Å². The highest BCUT2D eigenvalue weighted by molar-refractivity contribution is 5.53. The van der Waals surface area contributed by atoms with Crippen molar-refractivity contribution >= 4 is 6.29 Å². The summed E-state index contributed by atoms with van der Waals surface area (Å²) < 4.78 is 15.8. The van der Waals surface area contributed by atoms with Gasteiger partial charge in [-0.15, -0.1) is 0 Å². The average molecular weight is 222 g/mol. The summed E-state index contributed by atoms with van der Waals surface area (Å²) in [6.07, 6.45) is -0.180. The Bertz CT molecular complexity index is 317. The lowest BCUT2D eigenvalue weighted by Crippen LogP contribution is -2.37. The first-order valence-electron chi connectivity index (χ1n) is 5.22. The van der Waals surface area contributed by atoms with Gasteiger partial charge in [0, 0.05) is 0 Å². The lowest BCUT2D eigenvalue weighted by atomic mass is 10.2. The van der Waals surface area contributed by atoms with Gasteiger partial charge in [0.1, 0.15) is 6.10 Å². The van der Waals surface area contributed by atoms with E-state index in [1.54, 1.807) is 0 Å². The van der Waals surface area contributed by atoms with Crippen molar-refractivity contribution in [2.24, 2.45) is 0 Å². The van der Waals surface area contributed by atoms with Crippen LogP contribution in [0.1, 0.15) is 5.56 Å². The molecule has 0 saturated carbocycles. The number of hydrogen-bond acceptors (Lipinski definition) is 4. The first-order valence-corrected chi connectivity index (χ1v) is 5.22. The van der Waals surface area contributed by atoms with E-state index in [0.717, 1.165) is 5.56 Å². The van der Waals surface area contributed by atoms with Crippen molar-refractivity contribution < 1.29 is 19.0 Å². The molecule has 0 unspecified atom stereocenters. The second kappa shape index (κ2) is 5.75. The van der Waals surface area contributed by atoms with Gasteiger partial charge in [-0.3, -0.25) is 4.79 Å². The van der Waals surface area contributed by atoms with Crippen LogP contribution in [0.2, 0.25) is 0 Å². The number of rotatable bonds is 4. The van der Waals surface area contributed by atoms with Crippen LogP contribution in [0.5, 0.6) is 0 Å². The van der Waals surface area contributed by atoms with Crippen molar-refractivity contribution in [3.05, 3.63) is 35.9 Å². The van der Waals surface area contributed by atoms with Crippen LogP contribution >= 0.6 is 0 Å². The summed E-state index contributed by atoms with van der Waals surface area (Å²) in [6, 6.07) is 9.90. The molecule has 16 heavy (non-hydrogen) atoms. The zero-order valence-corrected chi connectivity index (χ0v) is 8.87. The second-order valence-corrected chi connectivity index (χ2v) is 3.59. The number of carbonyl (C=O) groups excluding carboxylic acids is 1. The Morgan fingerprint density at radius 1 is 1.25 bits per heavy atom. The summed E-state index contributed by atoms with van der Waals surface area (Å²) in [4.78, 5) is 10.4. The minimum absolute atomic E-state index is 0.101. The quantitative estimate of drug-likeness (QED) is 0.717. The minimum atomic E-state index is -0.725. The van der Waals surface area contributed by atoms with Gasteiger partial charge >= 0.3 is 0 Å². The molecule has 0 spiro atoms. The van der Waals surface area contributed by atoms with Crippen LogP contribution in [0.25, 0.3) is 0 Å². The number of ether oxygens (including phenoxy) is 3. The van der Waals surface area contributed by atoms with E-state index in [9.17, 15) is 4.79 Å². The molecule has 86 valence electrons. The molecule has 0 atom stereocenters. The van der Waals surface area contributed by atoms with Crippen LogP contribution in [-0.2, 0) is 25.6 Å². The lowest BCUT2D eigenvalue weighted by Gasteiger charge is -2.26. The maximum atomic E-state index is 10.4. The molecule has 4 nitrogen and oxygen atoms in total. The molecule has 0 aromatic heterocycles. The Morgan fingerprint density at radius 3 is 2.56 bits per heavy atom. The predicted octanol–water partition coefficient (Wildman–Crippen LogP) is 1.14. The Hall–Kier alpha value is -1.23. The van der Waals surface area contributed by atoms with Crippen molar-refractivity contribution in [2.75, 3.05) is 13.2 Å².